The Hall–Kier alpha value is -2.25. The van der Waals surface area contributed by atoms with Crippen LogP contribution in [0.3, 0.4) is 0 Å². The number of amides is 1. The Morgan fingerprint density at radius 2 is 2.00 bits per heavy atom. The van der Waals surface area contributed by atoms with Gasteiger partial charge in [0.25, 0.3) is 10.0 Å². The summed E-state index contributed by atoms with van der Waals surface area (Å²) in [5, 5.41) is 0.401. The van der Waals surface area contributed by atoms with Crippen LogP contribution in [0.2, 0.25) is 5.02 Å². The van der Waals surface area contributed by atoms with Crippen molar-refractivity contribution in [2.75, 3.05) is 23.3 Å². The average Bonchev–Trinajstić information content (AvgIpc) is 3.03. The molecule has 0 bridgehead atoms. The van der Waals surface area contributed by atoms with Gasteiger partial charge in [0.1, 0.15) is 5.75 Å². The molecule has 6 nitrogen and oxygen atoms in total. The van der Waals surface area contributed by atoms with E-state index in [1.807, 2.05) is 0 Å². The summed E-state index contributed by atoms with van der Waals surface area (Å²) in [4.78, 5) is 14.5. The smallest absolute Gasteiger partial charge is 0.262 e. The maximum absolute atomic E-state index is 12.9. The van der Waals surface area contributed by atoms with Crippen LogP contribution in [0.1, 0.15) is 24.8 Å². The largest absolute Gasteiger partial charge is 0.495 e. The number of carbonyl (C=O) groups is 1. The van der Waals surface area contributed by atoms with Crippen LogP contribution in [0.5, 0.6) is 5.75 Å². The molecule has 0 spiro atoms. The predicted molar refractivity (Wildman–Crippen MR) is 109 cm³/mol. The highest BCUT2D eigenvalue weighted by Crippen LogP contribution is 2.36. The summed E-state index contributed by atoms with van der Waals surface area (Å²) < 4.78 is 33.5. The fourth-order valence-corrected chi connectivity index (χ4v) is 4.90. The lowest BCUT2D eigenvalue weighted by molar-refractivity contribution is -0.124. The molecular weight excluding hydrogens is 400 g/mol. The molecular formula is C20H21ClN2O4S. The number of nitrogens with one attached hydrogen (secondary N) is 1. The number of anilines is 2. The summed E-state index contributed by atoms with van der Waals surface area (Å²) in [6.07, 6.45) is 3.65. The van der Waals surface area contributed by atoms with E-state index in [1.54, 1.807) is 29.2 Å². The monoisotopic (exact) mass is 420 g/mol. The van der Waals surface area contributed by atoms with E-state index in [2.05, 4.69) is 4.72 Å². The summed E-state index contributed by atoms with van der Waals surface area (Å²) in [7, 11) is -2.36. The highest BCUT2D eigenvalue weighted by Gasteiger charge is 2.34. The van der Waals surface area contributed by atoms with Gasteiger partial charge in [-0.25, -0.2) is 8.42 Å². The number of rotatable bonds is 5. The molecule has 1 aliphatic carbocycles. The van der Waals surface area contributed by atoms with Crippen molar-refractivity contribution in [2.24, 2.45) is 5.92 Å². The topological polar surface area (TPSA) is 75.7 Å². The minimum atomic E-state index is -3.82. The number of ether oxygens (including phenoxy) is 1. The third kappa shape index (κ3) is 3.44. The van der Waals surface area contributed by atoms with Crippen molar-refractivity contribution in [3.8, 4) is 5.75 Å². The van der Waals surface area contributed by atoms with Crippen LogP contribution in [0.25, 0.3) is 0 Å². The zero-order chi connectivity index (χ0) is 19.9. The number of halogens is 1. The summed E-state index contributed by atoms with van der Waals surface area (Å²) in [5.74, 6) is 0.653. The Balaban J connectivity index is 1.60. The van der Waals surface area contributed by atoms with Gasteiger partial charge in [-0.1, -0.05) is 18.0 Å². The lowest BCUT2D eigenvalue weighted by atomic mass is 9.84. The molecule has 28 heavy (non-hydrogen) atoms. The second kappa shape index (κ2) is 7.29. The molecule has 1 heterocycles. The first-order valence-corrected chi connectivity index (χ1v) is 11.1. The van der Waals surface area contributed by atoms with Crippen molar-refractivity contribution in [1.82, 2.24) is 0 Å². The first-order chi connectivity index (χ1) is 13.4. The van der Waals surface area contributed by atoms with Crippen LogP contribution in [0, 0.1) is 5.92 Å². The van der Waals surface area contributed by atoms with Crippen molar-refractivity contribution < 1.29 is 17.9 Å². The molecule has 1 fully saturated rings. The van der Waals surface area contributed by atoms with Crippen LogP contribution in [-0.2, 0) is 21.2 Å². The van der Waals surface area contributed by atoms with Gasteiger partial charge < -0.3 is 9.64 Å². The summed E-state index contributed by atoms with van der Waals surface area (Å²) in [6.45, 7) is 0.601. The van der Waals surface area contributed by atoms with E-state index in [0.29, 0.717) is 23.7 Å². The van der Waals surface area contributed by atoms with Gasteiger partial charge in [0.05, 0.1) is 17.7 Å². The van der Waals surface area contributed by atoms with Crippen LogP contribution in [0.4, 0.5) is 11.4 Å². The highest BCUT2D eigenvalue weighted by molar-refractivity contribution is 7.92. The van der Waals surface area contributed by atoms with Gasteiger partial charge in [-0.2, -0.15) is 0 Å². The molecule has 2 aromatic carbocycles. The van der Waals surface area contributed by atoms with E-state index in [0.717, 1.165) is 30.5 Å². The normalized spacial score (nSPS) is 16.4. The molecule has 4 rings (SSSR count). The Labute approximate surface area is 169 Å². The van der Waals surface area contributed by atoms with Gasteiger partial charge in [-0.05, 0) is 61.2 Å². The van der Waals surface area contributed by atoms with Crippen LogP contribution >= 0.6 is 11.6 Å². The van der Waals surface area contributed by atoms with Gasteiger partial charge in [0.15, 0.2) is 0 Å². The molecule has 2 aromatic rings. The van der Waals surface area contributed by atoms with E-state index in [4.69, 9.17) is 16.3 Å². The lowest BCUT2D eigenvalue weighted by Crippen LogP contribution is -2.37. The van der Waals surface area contributed by atoms with Crippen LogP contribution in [0.15, 0.2) is 41.3 Å². The van der Waals surface area contributed by atoms with Crippen molar-refractivity contribution in [3.05, 3.63) is 47.0 Å². The molecule has 2 aliphatic rings. The number of hydrogen-bond acceptors (Lipinski definition) is 4. The van der Waals surface area contributed by atoms with E-state index < -0.39 is 10.0 Å². The molecule has 1 saturated carbocycles. The zero-order valence-electron chi connectivity index (χ0n) is 15.4. The van der Waals surface area contributed by atoms with Crippen LogP contribution < -0.4 is 14.4 Å². The van der Waals surface area contributed by atoms with Crippen molar-refractivity contribution in [2.45, 2.75) is 30.6 Å². The van der Waals surface area contributed by atoms with Crippen LogP contribution in [-0.4, -0.2) is 28.0 Å². The standard InChI is InChI=1S/C20H21ClN2O4S/c1-27-19-8-5-15(21)12-17(19)22-28(25,26)16-6-7-18-14(11-16)9-10-23(18)20(24)13-3-2-4-13/h5-8,11-13,22H,2-4,9-10H2,1H3. The number of sulfonamides is 1. The number of nitrogens with zero attached hydrogens (tertiary/aromatic N) is 1. The molecule has 8 heteroatoms. The van der Waals surface area contributed by atoms with E-state index >= 15 is 0 Å². The van der Waals surface area contributed by atoms with E-state index in [-0.39, 0.29) is 22.4 Å². The zero-order valence-corrected chi connectivity index (χ0v) is 17.0. The van der Waals surface area contributed by atoms with Gasteiger partial charge >= 0.3 is 0 Å². The molecule has 0 saturated heterocycles. The summed E-state index contributed by atoms with van der Waals surface area (Å²) in [6, 6.07) is 9.63. The SMILES string of the molecule is COc1ccc(Cl)cc1NS(=O)(=O)c1ccc2c(c1)CCN2C(=O)C1CCC1. The first-order valence-electron chi connectivity index (χ1n) is 9.20. The molecule has 1 amide bonds. The molecule has 1 aliphatic heterocycles. The minimum absolute atomic E-state index is 0.117. The number of hydrogen-bond donors (Lipinski definition) is 1. The third-order valence-electron chi connectivity index (χ3n) is 5.38. The number of fused-ring (bicyclic) bond motifs is 1. The summed E-state index contributed by atoms with van der Waals surface area (Å²) in [5.41, 5.74) is 1.96. The molecule has 0 unspecified atom stereocenters. The second-order valence-corrected chi connectivity index (χ2v) is 9.23. The Kier molecular flexibility index (Phi) is 4.97. The maximum atomic E-state index is 12.9. The molecule has 0 aromatic heterocycles. The molecule has 0 atom stereocenters. The Bertz CT molecular complexity index is 1030. The number of methoxy groups -OCH3 is 1. The van der Waals surface area contributed by atoms with Gasteiger partial charge in [0.2, 0.25) is 5.91 Å². The summed E-state index contributed by atoms with van der Waals surface area (Å²) >= 11 is 5.99. The van der Waals surface area contributed by atoms with Crippen molar-refractivity contribution >= 4 is 38.9 Å². The lowest BCUT2D eigenvalue weighted by Gasteiger charge is -2.29. The quantitative estimate of drug-likeness (QED) is 0.797. The Morgan fingerprint density at radius 1 is 1.21 bits per heavy atom. The third-order valence-corrected chi connectivity index (χ3v) is 6.98. The highest BCUT2D eigenvalue weighted by atomic mass is 35.5. The number of carbonyl (C=O) groups excluding carboxylic acids is 1. The molecule has 1 N–H and O–H groups in total. The molecule has 0 radical (unpaired) electrons. The molecule has 148 valence electrons. The van der Waals surface area contributed by atoms with Gasteiger partial charge in [-0.15, -0.1) is 0 Å². The van der Waals surface area contributed by atoms with Gasteiger partial charge in [-0.3, -0.25) is 9.52 Å². The van der Waals surface area contributed by atoms with E-state index in [1.165, 1.54) is 19.2 Å². The maximum Gasteiger partial charge on any atom is 0.262 e. The number of benzene rings is 2. The fourth-order valence-electron chi connectivity index (χ4n) is 3.61. The predicted octanol–water partition coefficient (Wildman–Crippen LogP) is 3.84. The second-order valence-electron chi connectivity index (χ2n) is 7.11. The van der Waals surface area contributed by atoms with Crippen molar-refractivity contribution in [3.63, 3.8) is 0 Å². The average molecular weight is 421 g/mol. The Morgan fingerprint density at radius 3 is 2.68 bits per heavy atom. The van der Waals surface area contributed by atoms with E-state index in [9.17, 15) is 13.2 Å². The minimum Gasteiger partial charge on any atom is -0.495 e. The van der Waals surface area contributed by atoms with Crippen molar-refractivity contribution in [1.29, 1.82) is 0 Å². The fraction of sp³-hybridized carbons (Fsp3) is 0.350. The first kappa shape index (κ1) is 19.1. The van der Waals surface area contributed by atoms with Gasteiger partial charge in [0, 0.05) is 23.2 Å².